The number of rotatable bonds is 7. The van der Waals surface area contributed by atoms with Gasteiger partial charge in [-0.3, -0.25) is 0 Å². The van der Waals surface area contributed by atoms with Gasteiger partial charge in [-0.25, -0.2) is 0 Å². The van der Waals surface area contributed by atoms with Gasteiger partial charge in [-0.05, 0) is 0 Å². The molecule has 4 rings (SSSR count). The molecule has 13 heteroatoms. The van der Waals surface area contributed by atoms with Gasteiger partial charge >= 0.3 is 214 Å². The van der Waals surface area contributed by atoms with E-state index in [1.165, 1.54) is 28.0 Å². The molecule has 0 saturated carbocycles. The van der Waals surface area contributed by atoms with Crippen molar-refractivity contribution in [1.29, 1.82) is 0 Å². The summed E-state index contributed by atoms with van der Waals surface area (Å²) in [5.41, 5.74) is 3.56. The second kappa shape index (κ2) is 9.55. The zero-order valence-electron chi connectivity index (χ0n) is 18.5. The van der Waals surface area contributed by atoms with E-state index in [-0.39, 0.29) is 14.5 Å². The second-order valence-corrected chi connectivity index (χ2v) is 14.8. The number of hydrogen-bond donors (Lipinski definition) is 0. The van der Waals surface area contributed by atoms with Gasteiger partial charge in [0.25, 0.3) is 0 Å². The number of thioether (sulfide) groups is 1. The van der Waals surface area contributed by atoms with Crippen molar-refractivity contribution in [2.24, 2.45) is 0 Å². The molecule has 0 unspecified atom stereocenters. The fraction of sp³-hybridized carbons (Fsp3) is 0.286. The first kappa shape index (κ1) is 25.6. The van der Waals surface area contributed by atoms with E-state index >= 15 is 0 Å². The SMILES string of the molecule is CCC(/C=C1\Sc2cc(C)c(C)cc2N1CS(=O)(=O)[O-])=C\c1[se]c2ccsc2[n+]1CS(=O)(=O)[O-]. The third-order valence-corrected chi connectivity index (χ3v) is 11.1. The Balaban J connectivity index is 1.80. The van der Waals surface area contributed by atoms with Gasteiger partial charge in [0.05, 0.1) is 0 Å². The van der Waals surface area contributed by atoms with Crippen LogP contribution in [0.2, 0.25) is 0 Å². The topological polar surface area (TPSA) is 122 Å². The van der Waals surface area contributed by atoms with Crippen LogP contribution in [0.1, 0.15) is 29.0 Å². The number of fused-ring (bicyclic) bond motifs is 2. The minimum atomic E-state index is -4.54. The predicted octanol–water partition coefficient (Wildman–Crippen LogP) is 3.12. The number of aromatic nitrogens is 1. The average Bonchev–Trinajstić information content (AvgIpc) is 3.36. The van der Waals surface area contributed by atoms with Crippen LogP contribution in [0.3, 0.4) is 0 Å². The number of aryl methyl sites for hydroxylation is 2. The normalized spacial score (nSPS) is 16.1. The van der Waals surface area contributed by atoms with Crippen LogP contribution in [-0.4, -0.2) is 46.3 Å². The molecule has 34 heavy (non-hydrogen) atoms. The van der Waals surface area contributed by atoms with Crippen molar-refractivity contribution in [2.75, 3.05) is 10.8 Å². The van der Waals surface area contributed by atoms with Crippen molar-refractivity contribution < 1.29 is 30.5 Å². The van der Waals surface area contributed by atoms with Crippen molar-refractivity contribution in [1.82, 2.24) is 0 Å². The Bertz CT molecular complexity index is 1550. The predicted molar refractivity (Wildman–Crippen MR) is 134 cm³/mol. The van der Waals surface area contributed by atoms with E-state index in [0.29, 0.717) is 17.1 Å². The summed E-state index contributed by atoms with van der Waals surface area (Å²) in [5, 5.41) is 2.48. The number of allylic oxidation sites excluding steroid dienone is 2. The molecule has 1 aromatic carbocycles. The van der Waals surface area contributed by atoms with Crippen LogP contribution < -0.4 is 9.47 Å². The molecule has 0 N–H and O–H groups in total. The third kappa shape index (κ3) is 5.68. The van der Waals surface area contributed by atoms with Crippen molar-refractivity contribution >= 4 is 78.7 Å². The first-order chi connectivity index (χ1) is 15.8. The van der Waals surface area contributed by atoms with Gasteiger partial charge in [-0.15, -0.1) is 0 Å². The van der Waals surface area contributed by atoms with Crippen LogP contribution in [0.5, 0.6) is 0 Å². The Morgan fingerprint density at radius 3 is 2.50 bits per heavy atom. The number of hydrogen-bond acceptors (Lipinski definition) is 9. The van der Waals surface area contributed by atoms with E-state index in [4.69, 9.17) is 0 Å². The number of nitrogens with zero attached hydrogens (tertiary/aromatic N) is 2. The van der Waals surface area contributed by atoms with E-state index < -0.39 is 32.0 Å². The molecule has 0 bridgehead atoms. The second-order valence-electron chi connectivity index (χ2n) is 7.82. The standard InChI is InChI=1S/C21H22N2O6S4Se/c1-4-15(10-20-23(12-33(27,28)29)21-18(34-20)5-6-30-21)9-19-22(11-32(24,25)26)16-7-13(2)14(3)8-17(16)31-19/h5-10H,4,11-12H2,1-3H3,(H-,24,25,26,27,28,29)/p-1. The van der Waals surface area contributed by atoms with Crippen LogP contribution in [0.15, 0.2) is 45.2 Å². The zero-order chi connectivity index (χ0) is 24.8. The Morgan fingerprint density at radius 2 is 1.85 bits per heavy atom. The van der Waals surface area contributed by atoms with Crippen molar-refractivity contribution in [3.63, 3.8) is 0 Å². The van der Waals surface area contributed by atoms with Crippen molar-refractivity contribution in [3.05, 3.63) is 56.0 Å². The van der Waals surface area contributed by atoms with Gasteiger partial charge in [0.1, 0.15) is 0 Å². The van der Waals surface area contributed by atoms with Crippen LogP contribution in [0.4, 0.5) is 5.69 Å². The Morgan fingerprint density at radius 1 is 1.15 bits per heavy atom. The number of thiophene rings is 1. The van der Waals surface area contributed by atoms with E-state index in [2.05, 4.69) is 0 Å². The van der Waals surface area contributed by atoms with Crippen LogP contribution in [0.25, 0.3) is 15.2 Å². The van der Waals surface area contributed by atoms with Gasteiger partial charge in [-0.2, -0.15) is 0 Å². The van der Waals surface area contributed by atoms with E-state index in [1.807, 2.05) is 56.5 Å². The molecule has 0 fully saturated rings. The van der Waals surface area contributed by atoms with E-state index in [0.717, 1.165) is 35.3 Å². The molecule has 0 saturated heterocycles. The van der Waals surface area contributed by atoms with Crippen LogP contribution in [-0.2, 0) is 26.1 Å². The summed E-state index contributed by atoms with van der Waals surface area (Å²) in [6.45, 7) is 5.84. The molecule has 2 aromatic heterocycles. The van der Waals surface area contributed by atoms with Gasteiger partial charge in [-0.1, -0.05) is 0 Å². The number of benzene rings is 1. The minimum absolute atomic E-state index is 0.170. The molecule has 0 radical (unpaired) electrons. The monoisotopic (exact) mass is 605 g/mol. The molecule has 0 aliphatic carbocycles. The fourth-order valence-corrected chi connectivity index (χ4v) is 10.1. The maximum atomic E-state index is 11.7. The number of anilines is 1. The molecule has 3 aromatic rings. The van der Waals surface area contributed by atoms with Crippen LogP contribution in [0, 0.1) is 13.8 Å². The van der Waals surface area contributed by atoms with E-state index in [9.17, 15) is 25.9 Å². The zero-order valence-corrected chi connectivity index (χ0v) is 23.4. The summed E-state index contributed by atoms with van der Waals surface area (Å²) in [4.78, 5) is 3.15. The maximum absolute atomic E-state index is 11.7. The molecule has 0 spiro atoms. The molecule has 0 amide bonds. The quantitative estimate of drug-likeness (QED) is 0.229. The summed E-state index contributed by atoms with van der Waals surface area (Å²) in [6, 6.07) is 5.79. The van der Waals surface area contributed by atoms with Gasteiger partial charge in [0.15, 0.2) is 0 Å². The van der Waals surface area contributed by atoms with Crippen molar-refractivity contribution in [2.45, 2.75) is 38.0 Å². The summed E-state index contributed by atoms with van der Waals surface area (Å²) in [6.07, 6.45) is 4.29. The molecular formula is C21H21N2O6S4Se-. The molecule has 1 aliphatic rings. The van der Waals surface area contributed by atoms with E-state index in [1.54, 1.807) is 4.57 Å². The van der Waals surface area contributed by atoms with Crippen molar-refractivity contribution in [3.8, 4) is 0 Å². The fourth-order valence-electron chi connectivity index (χ4n) is 3.53. The molecular weight excluding hydrogens is 583 g/mol. The molecule has 8 nitrogen and oxygen atoms in total. The van der Waals surface area contributed by atoms with Gasteiger partial charge < -0.3 is 0 Å². The van der Waals surface area contributed by atoms with Crippen LogP contribution >= 0.6 is 23.1 Å². The molecule has 182 valence electrons. The first-order valence-electron chi connectivity index (χ1n) is 10.1. The summed E-state index contributed by atoms with van der Waals surface area (Å²) >= 11 is 2.61. The summed E-state index contributed by atoms with van der Waals surface area (Å²) in [5.74, 6) is -1.32. The average molecular weight is 605 g/mol. The van der Waals surface area contributed by atoms with Gasteiger partial charge in [0.2, 0.25) is 0 Å². The Kier molecular flexibility index (Phi) is 7.20. The first-order valence-corrected chi connectivity index (χ1v) is 16.7. The summed E-state index contributed by atoms with van der Waals surface area (Å²) < 4.78 is 72.9. The summed E-state index contributed by atoms with van der Waals surface area (Å²) in [7, 11) is -9.02. The van der Waals surface area contributed by atoms with Gasteiger partial charge in [0, 0.05) is 0 Å². The molecule has 1 aliphatic heterocycles. The Labute approximate surface area is 212 Å². The Hall–Kier alpha value is -1.44. The molecule has 3 heterocycles. The third-order valence-electron chi connectivity index (χ3n) is 5.28. The molecule has 0 atom stereocenters.